The van der Waals surface area contributed by atoms with Crippen LogP contribution < -0.4 is 9.64 Å². The number of carbonyl (C=O) groups excluding carboxylic acids is 1. The van der Waals surface area contributed by atoms with E-state index < -0.39 is 0 Å². The van der Waals surface area contributed by atoms with Crippen molar-refractivity contribution in [1.29, 1.82) is 0 Å². The van der Waals surface area contributed by atoms with Crippen LogP contribution in [0.15, 0.2) is 42.5 Å². The quantitative estimate of drug-likeness (QED) is 0.562. The zero-order valence-corrected chi connectivity index (χ0v) is 17.6. The van der Waals surface area contributed by atoms with Crippen molar-refractivity contribution in [2.45, 2.75) is 6.42 Å². The maximum atomic E-state index is 14.0. The lowest BCUT2D eigenvalue weighted by molar-refractivity contribution is 0.0986. The van der Waals surface area contributed by atoms with Gasteiger partial charge in [-0.3, -0.25) is 9.69 Å². The minimum atomic E-state index is -0.375. The summed E-state index contributed by atoms with van der Waals surface area (Å²) in [5.41, 5.74) is 0.845. The lowest BCUT2D eigenvalue weighted by atomic mass is 10.2. The van der Waals surface area contributed by atoms with Crippen molar-refractivity contribution in [3.8, 4) is 5.75 Å². The van der Waals surface area contributed by atoms with Crippen molar-refractivity contribution < 1.29 is 13.9 Å². The number of fused-ring (bicyclic) bond motifs is 1. The van der Waals surface area contributed by atoms with Crippen molar-refractivity contribution in [2.75, 3.05) is 39.2 Å². The summed E-state index contributed by atoms with van der Waals surface area (Å²) < 4.78 is 19.9. The van der Waals surface area contributed by atoms with Crippen LogP contribution in [-0.2, 0) is 0 Å². The van der Waals surface area contributed by atoms with Gasteiger partial charge in [0.25, 0.3) is 5.91 Å². The molecule has 3 aromatic rings. The zero-order valence-electron chi connectivity index (χ0n) is 16.0. The van der Waals surface area contributed by atoms with Gasteiger partial charge >= 0.3 is 0 Å². The molecule has 3 rings (SSSR count). The van der Waals surface area contributed by atoms with E-state index in [1.54, 1.807) is 42.3 Å². The molecule has 0 aliphatic rings. The van der Waals surface area contributed by atoms with Crippen LogP contribution in [-0.4, -0.2) is 50.1 Å². The molecule has 0 unspecified atom stereocenters. The van der Waals surface area contributed by atoms with Crippen molar-refractivity contribution in [3.63, 3.8) is 0 Å². The zero-order chi connectivity index (χ0) is 19.4. The van der Waals surface area contributed by atoms with E-state index >= 15 is 0 Å². The van der Waals surface area contributed by atoms with E-state index in [4.69, 9.17) is 4.74 Å². The molecule has 28 heavy (non-hydrogen) atoms. The number of para-hydroxylation sites is 1. The number of carbonyl (C=O) groups is 1. The van der Waals surface area contributed by atoms with E-state index in [1.807, 2.05) is 20.2 Å². The first kappa shape index (κ1) is 22.1. The second-order valence-electron chi connectivity index (χ2n) is 6.43. The summed E-state index contributed by atoms with van der Waals surface area (Å²) in [5, 5.41) is 0.509. The molecule has 0 aliphatic heterocycles. The Morgan fingerprint density at radius 2 is 1.86 bits per heavy atom. The van der Waals surface area contributed by atoms with E-state index in [1.165, 1.54) is 17.4 Å². The van der Waals surface area contributed by atoms with Gasteiger partial charge in [0.05, 0.1) is 11.8 Å². The monoisotopic (exact) mass is 423 g/mol. The highest BCUT2D eigenvalue weighted by atomic mass is 35.5. The molecular formula is C20H23ClFN3O2S. The Labute approximate surface area is 174 Å². The van der Waals surface area contributed by atoms with Gasteiger partial charge in [0.1, 0.15) is 17.1 Å². The van der Waals surface area contributed by atoms with Gasteiger partial charge in [-0.1, -0.05) is 17.4 Å². The first-order valence-electron chi connectivity index (χ1n) is 8.65. The topological polar surface area (TPSA) is 45.7 Å². The van der Waals surface area contributed by atoms with Crippen LogP contribution in [0.25, 0.3) is 10.2 Å². The Morgan fingerprint density at radius 3 is 2.46 bits per heavy atom. The van der Waals surface area contributed by atoms with E-state index in [2.05, 4.69) is 9.88 Å². The fraction of sp³-hybridized carbons (Fsp3) is 0.300. The molecule has 1 aromatic heterocycles. The van der Waals surface area contributed by atoms with Crippen LogP contribution in [0.4, 0.5) is 9.52 Å². The minimum Gasteiger partial charge on any atom is -0.497 e. The van der Waals surface area contributed by atoms with Crippen LogP contribution in [0.5, 0.6) is 5.75 Å². The van der Waals surface area contributed by atoms with Gasteiger partial charge in [-0.05, 0) is 63.5 Å². The third kappa shape index (κ3) is 4.98. The molecule has 8 heteroatoms. The van der Waals surface area contributed by atoms with E-state index in [0.717, 1.165) is 17.7 Å². The first-order chi connectivity index (χ1) is 13.0. The number of anilines is 1. The molecule has 0 bridgehead atoms. The van der Waals surface area contributed by atoms with E-state index in [9.17, 15) is 9.18 Å². The van der Waals surface area contributed by atoms with E-state index in [-0.39, 0.29) is 24.1 Å². The normalized spacial score (nSPS) is 10.8. The predicted molar refractivity (Wildman–Crippen MR) is 115 cm³/mol. The number of amides is 1. The maximum absolute atomic E-state index is 14.0. The number of hydrogen-bond acceptors (Lipinski definition) is 5. The minimum absolute atomic E-state index is 0. The van der Waals surface area contributed by atoms with Gasteiger partial charge in [-0.15, -0.1) is 12.4 Å². The van der Waals surface area contributed by atoms with Crippen LogP contribution in [0.1, 0.15) is 16.8 Å². The van der Waals surface area contributed by atoms with Crippen LogP contribution in [0, 0.1) is 5.82 Å². The SMILES string of the molecule is COc1ccc(C(=O)N(CCCN(C)C)c2nc3c(F)cccc3s2)cc1.Cl. The highest BCUT2D eigenvalue weighted by Crippen LogP contribution is 2.31. The third-order valence-corrected chi connectivity index (χ3v) is 5.20. The second kappa shape index (κ2) is 9.82. The van der Waals surface area contributed by atoms with Gasteiger partial charge < -0.3 is 9.64 Å². The second-order valence-corrected chi connectivity index (χ2v) is 7.43. The number of aromatic nitrogens is 1. The molecular weight excluding hydrogens is 401 g/mol. The fourth-order valence-corrected chi connectivity index (χ4v) is 3.74. The standard InChI is InChI=1S/C20H22FN3O2S.ClH/c1-23(2)12-5-13-24(19(25)14-8-10-15(26-3)11-9-14)20-22-18-16(21)6-4-7-17(18)27-20;/h4,6-11H,5,12-13H2,1-3H3;1H. The van der Waals surface area contributed by atoms with Crippen LogP contribution in [0.3, 0.4) is 0 Å². The average Bonchev–Trinajstić information content (AvgIpc) is 3.10. The number of benzene rings is 2. The summed E-state index contributed by atoms with van der Waals surface area (Å²) in [6.45, 7) is 1.34. The number of halogens is 2. The molecule has 2 aromatic carbocycles. The molecule has 0 radical (unpaired) electrons. The number of nitrogens with zero attached hydrogens (tertiary/aromatic N) is 3. The summed E-state index contributed by atoms with van der Waals surface area (Å²) in [4.78, 5) is 21.2. The lowest BCUT2D eigenvalue weighted by Crippen LogP contribution is -2.33. The summed E-state index contributed by atoms with van der Waals surface area (Å²) in [5.74, 6) is 0.156. The average molecular weight is 424 g/mol. The first-order valence-corrected chi connectivity index (χ1v) is 9.47. The van der Waals surface area contributed by atoms with Gasteiger partial charge in [0, 0.05) is 12.1 Å². The van der Waals surface area contributed by atoms with Gasteiger partial charge in [0.15, 0.2) is 5.13 Å². The predicted octanol–water partition coefficient (Wildman–Crippen LogP) is 4.46. The number of ether oxygens (including phenoxy) is 1. The van der Waals surface area contributed by atoms with Crippen LogP contribution >= 0.6 is 23.7 Å². The number of methoxy groups -OCH3 is 1. The Kier molecular flexibility index (Phi) is 7.74. The fourth-order valence-electron chi connectivity index (χ4n) is 2.74. The van der Waals surface area contributed by atoms with Gasteiger partial charge in [-0.2, -0.15) is 0 Å². The number of thiazole rings is 1. The molecule has 5 nitrogen and oxygen atoms in total. The molecule has 0 saturated heterocycles. The Hall–Kier alpha value is -2.22. The highest BCUT2D eigenvalue weighted by Gasteiger charge is 2.22. The maximum Gasteiger partial charge on any atom is 0.260 e. The van der Waals surface area contributed by atoms with Crippen molar-refractivity contribution >= 4 is 45.0 Å². The molecule has 1 amide bonds. The molecule has 0 atom stereocenters. The summed E-state index contributed by atoms with van der Waals surface area (Å²) in [7, 11) is 5.56. The van der Waals surface area contributed by atoms with Crippen molar-refractivity contribution in [3.05, 3.63) is 53.8 Å². The third-order valence-electron chi connectivity index (χ3n) is 4.16. The number of hydrogen-bond donors (Lipinski definition) is 0. The lowest BCUT2D eigenvalue weighted by Gasteiger charge is -2.21. The molecule has 150 valence electrons. The summed E-state index contributed by atoms with van der Waals surface area (Å²) >= 11 is 1.32. The molecule has 1 heterocycles. The van der Waals surface area contributed by atoms with Crippen molar-refractivity contribution in [2.24, 2.45) is 0 Å². The van der Waals surface area contributed by atoms with Gasteiger partial charge in [-0.25, -0.2) is 9.37 Å². The smallest absolute Gasteiger partial charge is 0.260 e. The molecule has 0 spiro atoms. The number of rotatable bonds is 7. The summed E-state index contributed by atoms with van der Waals surface area (Å²) in [6.07, 6.45) is 0.785. The van der Waals surface area contributed by atoms with Crippen molar-refractivity contribution in [1.82, 2.24) is 9.88 Å². The Balaban J connectivity index is 0.00000280. The van der Waals surface area contributed by atoms with Gasteiger partial charge in [0.2, 0.25) is 0 Å². The largest absolute Gasteiger partial charge is 0.497 e. The molecule has 0 fully saturated rings. The summed E-state index contributed by atoms with van der Waals surface area (Å²) in [6, 6.07) is 11.8. The molecule has 0 saturated carbocycles. The molecule has 0 aliphatic carbocycles. The Bertz CT molecular complexity index is 931. The highest BCUT2D eigenvalue weighted by molar-refractivity contribution is 7.22. The molecule has 0 N–H and O–H groups in total. The Morgan fingerprint density at radius 1 is 1.14 bits per heavy atom. The van der Waals surface area contributed by atoms with E-state index in [0.29, 0.717) is 28.5 Å². The van der Waals surface area contributed by atoms with Crippen LogP contribution in [0.2, 0.25) is 0 Å².